The summed E-state index contributed by atoms with van der Waals surface area (Å²) in [5.41, 5.74) is 4.08. The Bertz CT molecular complexity index is 302. The molecule has 1 unspecified atom stereocenters. The largest absolute Gasteiger partial charge is 0.469 e. The van der Waals surface area contributed by atoms with Gasteiger partial charge in [0.15, 0.2) is 0 Å². The molecule has 3 N–H and O–H groups in total. The van der Waals surface area contributed by atoms with Gasteiger partial charge in [0.1, 0.15) is 5.76 Å². The minimum Gasteiger partial charge on any atom is -0.469 e. The molecule has 0 spiro atoms. The summed E-state index contributed by atoms with van der Waals surface area (Å²) in [5, 5.41) is 0. The molecule has 15 heavy (non-hydrogen) atoms. The highest BCUT2D eigenvalue weighted by Crippen LogP contribution is 2.33. The molecule has 3 heteroatoms. The molecule has 1 fully saturated rings. The number of nitrogens with two attached hydrogens (primary N) is 1. The number of hydrogen-bond donors (Lipinski definition) is 2. The lowest BCUT2D eigenvalue weighted by Gasteiger charge is -2.18. The SMILES string of the molecule is Cc1cc(C(CC2CCCC2)NN)co1. The lowest BCUT2D eigenvalue weighted by molar-refractivity contribution is 0.397. The van der Waals surface area contributed by atoms with E-state index >= 15 is 0 Å². The third-order valence-corrected chi connectivity index (χ3v) is 3.40. The van der Waals surface area contributed by atoms with Crippen LogP contribution >= 0.6 is 0 Å². The van der Waals surface area contributed by atoms with E-state index in [0.717, 1.165) is 18.1 Å². The molecule has 1 atom stereocenters. The molecule has 3 nitrogen and oxygen atoms in total. The van der Waals surface area contributed by atoms with Crippen LogP contribution in [0.15, 0.2) is 16.7 Å². The van der Waals surface area contributed by atoms with Crippen LogP contribution < -0.4 is 11.3 Å². The average Bonchev–Trinajstić information content (AvgIpc) is 2.85. The third-order valence-electron chi connectivity index (χ3n) is 3.40. The lowest BCUT2D eigenvalue weighted by Crippen LogP contribution is -2.29. The van der Waals surface area contributed by atoms with Gasteiger partial charge in [0, 0.05) is 11.6 Å². The van der Waals surface area contributed by atoms with Crippen molar-refractivity contribution < 1.29 is 4.42 Å². The molecule has 2 rings (SSSR count). The van der Waals surface area contributed by atoms with E-state index in [0.29, 0.717) is 0 Å². The van der Waals surface area contributed by atoms with E-state index in [1.54, 1.807) is 0 Å². The van der Waals surface area contributed by atoms with Crippen LogP contribution in [0.3, 0.4) is 0 Å². The lowest BCUT2D eigenvalue weighted by atomic mass is 9.95. The number of hydrazine groups is 1. The number of hydrogen-bond acceptors (Lipinski definition) is 3. The molecule has 0 radical (unpaired) electrons. The highest BCUT2D eigenvalue weighted by molar-refractivity contribution is 5.16. The van der Waals surface area contributed by atoms with E-state index in [-0.39, 0.29) is 6.04 Å². The molecule has 1 heterocycles. The minimum absolute atomic E-state index is 0.255. The van der Waals surface area contributed by atoms with Crippen molar-refractivity contribution in [2.75, 3.05) is 0 Å². The first-order chi connectivity index (χ1) is 7.29. The van der Waals surface area contributed by atoms with E-state index in [9.17, 15) is 0 Å². The van der Waals surface area contributed by atoms with E-state index in [1.165, 1.54) is 31.2 Å². The highest BCUT2D eigenvalue weighted by Gasteiger charge is 2.21. The molecule has 0 saturated heterocycles. The molecule has 1 aliphatic carbocycles. The molecule has 0 amide bonds. The summed E-state index contributed by atoms with van der Waals surface area (Å²) >= 11 is 0. The number of aryl methyl sites for hydroxylation is 1. The predicted molar refractivity (Wildman–Crippen MR) is 60.1 cm³/mol. The van der Waals surface area contributed by atoms with Crippen LogP contribution in [-0.4, -0.2) is 0 Å². The Labute approximate surface area is 91.0 Å². The predicted octanol–water partition coefficient (Wildman–Crippen LogP) is 2.67. The number of rotatable bonds is 4. The smallest absolute Gasteiger partial charge is 0.101 e. The fourth-order valence-corrected chi connectivity index (χ4v) is 2.53. The number of furan rings is 1. The summed E-state index contributed by atoms with van der Waals surface area (Å²) in [4.78, 5) is 0. The van der Waals surface area contributed by atoms with Gasteiger partial charge in [-0.25, -0.2) is 0 Å². The molecule has 0 aromatic carbocycles. The van der Waals surface area contributed by atoms with Gasteiger partial charge < -0.3 is 4.42 Å². The van der Waals surface area contributed by atoms with Crippen molar-refractivity contribution >= 4 is 0 Å². The Balaban J connectivity index is 1.97. The van der Waals surface area contributed by atoms with Crippen LogP contribution in [0.25, 0.3) is 0 Å². The molecular weight excluding hydrogens is 188 g/mol. The van der Waals surface area contributed by atoms with E-state index in [2.05, 4.69) is 11.5 Å². The van der Waals surface area contributed by atoms with Gasteiger partial charge in [0.2, 0.25) is 0 Å². The van der Waals surface area contributed by atoms with Gasteiger partial charge in [0.05, 0.1) is 6.26 Å². The molecule has 1 aromatic heterocycles. The van der Waals surface area contributed by atoms with Gasteiger partial charge in [-0.05, 0) is 25.3 Å². The quantitative estimate of drug-likeness (QED) is 0.591. The van der Waals surface area contributed by atoms with E-state index < -0.39 is 0 Å². The second kappa shape index (κ2) is 4.81. The monoisotopic (exact) mass is 208 g/mol. The summed E-state index contributed by atoms with van der Waals surface area (Å²) in [5.74, 6) is 7.39. The molecular formula is C12H20N2O. The van der Waals surface area contributed by atoms with Gasteiger partial charge >= 0.3 is 0 Å². The average molecular weight is 208 g/mol. The van der Waals surface area contributed by atoms with Crippen molar-refractivity contribution in [3.8, 4) is 0 Å². The van der Waals surface area contributed by atoms with Gasteiger partial charge in [-0.3, -0.25) is 11.3 Å². The molecule has 1 aliphatic rings. The maximum Gasteiger partial charge on any atom is 0.101 e. The summed E-state index contributed by atoms with van der Waals surface area (Å²) in [7, 11) is 0. The summed E-state index contributed by atoms with van der Waals surface area (Å²) in [6, 6.07) is 2.32. The summed E-state index contributed by atoms with van der Waals surface area (Å²) in [6.07, 6.45) is 8.42. The fourth-order valence-electron chi connectivity index (χ4n) is 2.53. The normalized spacial score (nSPS) is 19.6. The standard InChI is InChI=1S/C12H20N2O/c1-9-6-11(8-15-9)12(14-13)7-10-4-2-3-5-10/h6,8,10,12,14H,2-5,7,13H2,1H3. The van der Waals surface area contributed by atoms with E-state index in [1.807, 2.05) is 13.2 Å². The van der Waals surface area contributed by atoms with Crippen LogP contribution in [0, 0.1) is 12.8 Å². The first-order valence-corrected chi connectivity index (χ1v) is 5.80. The Kier molecular flexibility index (Phi) is 3.44. The molecule has 84 valence electrons. The van der Waals surface area contributed by atoms with E-state index in [4.69, 9.17) is 10.3 Å². The van der Waals surface area contributed by atoms with Gasteiger partial charge in [-0.15, -0.1) is 0 Å². The van der Waals surface area contributed by atoms with Crippen molar-refractivity contribution in [1.29, 1.82) is 0 Å². The topological polar surface area (TPSA) is 51.2 Å². The van der Waals surface area contributed by atoms with Crippen LogP contribution in [0.1, 0.15) is 49.5 Å². The Morgan fingerprint density at radius 1 is 1.53 bits per heavy atom. The van der Waals surface area contributed by atoms with Crippen LogP contribution in [0.2, 0.25) is 0 Å². The van der Waals surface area contributed by atoms with Gasteiger partial charge in [0.25, 0.3) is 0 Å². The molecule has 1 aromatic rings. The number of nitrogens with one attached hydrogen (secondary N) is 1. The zero-order valence-corrected chi connectivity index (χ0v) is 9.33. The maximum absolute atomic E-state index is 5.60. The Hall–Kier alpha value is -0.800. The van der Waals surface area contributed by atoms with Crippen molar-refractivity contribution in [3.63, 3.8) is 0 Å². The summed E-state index contributed by atoms with van der Waals surface area (Å²) in [6.45, 7) is 1.96. The van der Waals surface area contributed by atoms with Gasteiger partial charge in [-0.2, -0.15) is 0 Å². The fraction of sp³-hybridized carbons (Fsp3) is 0.667. The van der Waals surface area contributed by atoms with Crippen LogP contribution in [0.4, 0.5) is 0 Å². The van der Waals surface area contributed by atoms with Gasteiger partial charge in [-0.1, -0.05) is 25.7 Å². The third kappa shape index (κ3) is 2.61. The minimum atomic E-state index is 0.255. The first kappa shape index (κ1) is 10.7. The Morgan fingerprint density at radius 2 is 2.27 bits per heavy atom. The molecule has 0 aliphatic heterocycles. The zero-order valence-electron chi connectivity index (χ0n) is 9.33. The second-order valence-electron chi connectivity index (χ2n) is 4.60. The van der Waals surface area contributed by atoms with Crippen molar-refractivity contribution in [2.45, 2.75) is 45.1 Å². The molecule has 0 bridgehead atoms. The first-order valence-electron chi connectivity index (χ1n) is 5.80. The van der Waals surface area contributed by atoms with Crippen LogP contribution in [-0.2, 0) is 0 Å². The second-order valence-corrected chi connectivity index (χ2v) is 4.60. The molecule has 1 saturated carbocycles. The van der Waals surface area contributed by atoms with Crippen LogP contribution in [0.5, 0.6) is 0 Å². The van der Waals surface area contributed by atoms with Crippen molar-refractivity contribution in [1.82, 2.24) is 5.43 Å². The van der Waals surface area contributed by atoms with Crippen molar-refractivity contribution in [2.24, 2.45) is 11.8 Å². The highest BCUT2D eigenvalue weighted by atomic mass is 16.3. The maximum atomic E-state index is 5.60. The summed E-state index contributed by atoms with van der Waals surface area (Å²) < 4.78 is 5.32. The van der Waals surface area contributed by atoms with Crippen molar-refractivity contribution in [3.05, 3.63) is 23.7 Å². The zero-order chi connectivity index (χ0) is 10.7. The Morgan fingerprint density at radius 3 is 2.80 bits per heavy atom.